The highest BCUT2D eigenvalue weighted by Crippen LogP contribution is 2.15. The molecule has 2 rings (SSSR count). The third-order valence-corrected chi connectivity index (χ3v) is 3.76. The Morgan fingerprint density at radius 2 is 2.39 bits per heavy atom. The molecule has 1 saturated heterocycles. The highest BCUT2D eigenvalue weighted by Gasteiger charge is 2.22. The van der Waals surface area contributed by atoms with Gasteiger partial charge in [0.1, 0.15) is 6.54 Å². The van der Waals surface area contributed by atoms with E-state index >= 15 is 0 Å². The summed E-state index contributed by atoms with van der Waals surface area (Å²) in [5, 5.41) is 5.81. The van der Waals surface area contributed by atoms with Gasteiger partial charge in [0, 0.05) is 18.8 Å². The lowest BCUT2D eigenvalue weighted by Gasteiger charge is -2.23. The van der Waals surface area contributed by atoms with Crippen molar-refractivity contribution in [3.05, 3.63) is 24.5 Å². The summed E-state index contributed by atoms with van der Waals surface area (Å²) < 4.78 is 0. The molecule has 0 saturated carbocycles. The van der Waals surface area contributed by atoms with Crippen LogP contribution in [0, 0.1) is 0 Å². The van der Waals surface area contributed by atoms with Crippen molar-refractivity contribution in [1.82, 2.24) is 15.2 Å². The van der Waals surface area contributed by atoms with Gasteiger partial charge in [-0.3, -0.25) is 14.7 Å². The van der Waals surface area contributed by atoms with Crippen molar-refractivity contribution in [2.45, 2.75) is 25.8 Å². The van der Waals surface area contributed by atoms with Crippen molar-refractivity contribution in [1.29, 1.82) is 0 Å². The third-order valence-electron chi connectivity index (χ3n) is 3.76. The molecule has 0 spiro atoms. The van der Waals surface area contributed by atoms with Crippen molar-refractivity contribution < 1.29 is 4.79 Å². The molecule has 0 aliphatic carbocycles. The van der Waals surface area contributed by atoms with E-state index in [4.69, 9.17) is 5.73 Å². The Hall–Kier alpha value is -1.42. The summed E-state index contributed by atoms with van der Waals surface area (Å²) in [6.45, 7) is 5.13. The van der Waals surface area contributed by atoms with E-state index in [9.17, 15) is 4.79 Å². The number of hydrogen-bond acceptors (Lipinski definition) is 4. The molecule has 1 aromatic heterocycles. The van der Waals surface area contributed by atoms with Crippen LogP contribution in [0.1, 0.15) is 19.8 Å². The molecule has 1 amide bonds. The average Bonchev–Trinajstić information content (AvgIpc) is 2.99. The fraction of sp³-hybridized carbons (Fsp3) is 0.533. The van der Waals surface area contributed by atoms with Gasteiger partial charge >= 0.3 is 0 Å². The van der Waals surface area contributed by atoms with E-state index in [1.165, 1.54) is 12.8 Å². The van der Waals surface area contributed by atoms with Crippen LogP contribution in [0.5, 0.6) is 0 Å². The third kappa shape index (κ3) is 6.69. The van der Waals surface area contributed by atoms with Crippen LogP contribution in [0.3, 0.4) is 0 Å². The number of carbonyl (C=O) groups excluding carboxylic acids is 1. The first-order chi connectivity index (χ1) is 10.7. The molecule has 0 aromatic carbocycles. The van der Waals surface area contributed by atoms with Crippen LogP contribution in [0.4, 0.5) is 5.69 Å². The van der Waals surface area contributed by atoms with Crippen molar-refractivity contribution >= 4 is 41.5 Å². The molecular weight excluding hydrogens is 407 g/mol. The predicted molar refractivity (Wildman–Crippen MR) is 103 cm³/mol. The van der Waals surface area contributed by atoms with Gasteiger partial charge in [-0.05, 0) is 38.1 Å². The number of guanidine groups is 1. The second kappa shape index (κ2) is 10.4. The number of rotatable bonds is 6. The van der Waals surface area contributed by atoms with Crippen LogP contribution >= 0.6 is 24.0 Å². The van der Waals surface area contributed by atoms with E-state index in [0.29, 0.717) is 17.7 Å². The zero-order valence-electron chi connectivity index (χ0n) is 13.4. The second-order valence-electron chi connectivity index (χ2n) is 5.30. The summed E-state index contributed by atoms with van der Waals surface area (Å²) in [4.78, 5) is 22.2. The van der Waals surface area contributed by atoms with Gasteiger partial charge in [-0.2, -0.15) is 0 Å². The number of halogens is 1. The molecular formula is C15H25IN6O. The highest BCUT2D eigenvalue weighted by molar-refractivity contribution is 14.0. The van der Waals surface area contributed by atoms with Crippen LogP contribution in [0.15, 0.2) is 29.5 Å². The zero-order valence-corrected chi connectivity index (χ0v) is 15.7. The zero-order chi connectivity index (χ0) is 15.8. The first kappa shape index (κ1) is 19.6. The smallest absolute Gasteiger partial charge is 0.246 e. The molecule has 23 heavy (non-hydrogen) atoms. The number of likely N-dealkylation sites (tertiary alicyclic amines) is 1. The summed E-state index contributed by atoms with van der Waals surface area (Å²) >= 11 is 0. The maximum atomic E-state index is 11.7. The summed E-state index contributed by atoms with van der Waals surface area (Å²) in [6.07, 6.45) is 5.64. The topological polar surface area (TPSA) is 95.6 Å². The molecule has 0 radical (unpaired) electrons. The van der Waals surface area contributed by atoms with Crippen molar-refractivity contribution in [2.24, 2.45) is 10.7 Å². The van der Waals surface area contributed by atoms with E-state index in [1.54, 1.807) is 24.5 Å². The van der Waals surface area contributed by atoms with Gasteiger partial charge in [0.05, 0.1) is 11.9 Å². The molecule has 8 heteroatoms. The summed E-state index contributed by atoms with van der Waals surface area (Å²) in [5.74, 6) is 0.0955. The average molecular weight is 432 g/mol. The van der Waals surface area contributed by atoms with Crippen LogP contribution < -0.4 is 16.4 Å². The largest absolute Gasteiger partial charge is 0.370 e. The minimum atomic E-state index is -0.214. The number of anilines is 1. The number of hydrogen-bond donors (Lipinski definition) is 3. The number of carbonyl (C=O) groups is 1. The second-order valence-corrected chi connectivity index (χ2v) is 5.30. The van der Waals surface area contributed by atoms with Crippen molar-refractivity contribution in [3.63, 3.8) is 0 Å². The highest BCUT2D eigenvalue weighted by atomic mass is 127. The number of likely N-dealkylation sites (N-methyl/N-ethyl adjacent to an activating group) is 1. The molecule has 1 aromatic rings. The van der Waals surface area contributed by atoms with Gasteiger partial charge in [0.2, 0.25) is 5.91 Å². The monoisotopic (exact) mass is 432 g/mol. The molecule has 1 fully saturated rings. The van der Waals surface area contributed by atoms with E-state index in [0.717, 1.165) is 19.6 Å². The minimum Gasteiger partial charge on any atom is -0.370 e. The number of nitrogens with two attached hydrogens (primary N) is 1. The Morgan fingerprint density at radius 1 is 1.57 bits per heavy atom. The Balaban J connectivity index is 0.00000264. The van der Waals surface area contributed by atoms with Crippen molar-refractivity contribution in [3.8, 4) is 0 Å². The lowest BCUT2D eigenvalue weighted by atomic mass is 10.2. The summed E-state index contributed by atoms with van der Waals surface area (Å²) in [5.41, 5.74) is 6.46. The van der Waals surface area contributed by atoms with Crippen LogP contribution in [0.25, 0.3) is 0 Å². The van der Waals surface area contributed by atoms with Crippen LogP contribution in [0.2, 0.25) is 0 Å². The van der Waals surface area contributed by atoms with Crippen LogP contribution in [-0.2, 0) is 4.79 Å². The van der Waals surface area contributed by atoms with Gasteiger partial charge in [-0.25, -0.2) is 4.99 Å². The molecule has 2 heterocycles. The van der Waals surface area contributed by atoms with E-state index in [1.807, 2.05) is 0 Å². The Kier molecular flexibility index (Phi) is 8.85. The van der Waals surface area contributed by atoms with Crippen molar-refractivity contribution in [2.75, 3.05) is 31.5 Å². The normalized spacial score (nSPS) is 18.3. The minimum absolute atomic E-state index is 0. The standard InChI is InChI=1S/C15H24N6O.HI/c1-2-21-8-4-6-13(21)10-18-15(16)19-11-14(22)20-12-5-3-7-17-9-12;/h3,5,7,9,13H,2,4,6,8,10-11H2,1H3,(H,20,22)(H3,16,18,19);1H. The lowest BCUT2D eigenvalue weighted by Crippen LogP contribution is -2.43. The number of aromatic nitrogens is 1. The predicted octanol–water partition coefficient (Wildman–Crippen LogP) is 1.03. The molecule has 128 valence electrons. The molecule has 7 nitrogen and oxygen atoms in total. The maximum absolute atomic E-state index is 11.7. The van der Waals surface area contributed by atoms with Gasteiger partial charge in [0.25, 0.3) is 0 Å². The van der Waals surface area contributed by atoms with Gasteiger partial charge < -0.3 is 16.4 Å². The van der Waals surface area contributed by atoms with E-state index < -0.39 is 0 Å². The Bertz CT molecular complexity index is 510. The molecule has 1 atom stereocenters. The van der Waals surface area contributed by atoms with Crippen LogP contribution in [-0.4, -0.2) is 54.0 Å². The lowest BCUT2D eigenvalue weighted by molar-refractivity contribution is -0.114. The first-order valence-corrected chi connectivity index (χ1v) is 7.66. The fourth-order valence-corrected chi connectivity index (χ4v) is 2.62. The maximum Gasteiger partial charge on any atom is 0.246 e. The Labute approximate surface area is 154 Å². The molecule has 1 aliphatic rings. The molecule has 1 aliphatic heterocycles. The number of nitrogens with one attached hydrogen (secondary N) is 2. The van der Waals surface area contributed by atoms with Gasteiger partial charge in [-0.1, -0.05) is 6.92 Å². The number of aliphatic imine (C=N–C) groups is 1. The number of amides is 1. The summed E-state index contributed by atoms with van der Waals surface area (Å²) in [7, 11) is 0. The molecule has 1 unspecified atom stereocenters. The Morgan fingerprint density at radius 3 is 3.09 bits per heavy atom. The first-order valence-electron chi connectivity index (χ1n) is 7.66. The van der Waals surface area contributed by atoms with Gasteiger partial charge in [0.15, 0.2) is 5.96 Å². The quantitative estimate of drug-likeness (QED) is 0.355. The molecule has 0 bridgehead atoms. The van der Waals surface area contributed by atoms with E-state index in [-0.39, 0.29) is 36.4 Å². The number of pyridine rings is 1. The van der Waals surface area contributed by atoms with Gasteiger partial charge in [-0.15, -0.1) is 24.0 Å². The fourth-order valence-electron chi connectivity index (χ4n) is 2.62. The SMILES string of the molecule is CCN1CCCC1CNC(N)=NCC(=O)Nc1cccnc1.I. The molecule has 4 N–H and O–H groups in total. The number of nitrogens with zero attached hydrogens (tertiary/aromatic N) is 3. The summed E-state index contributed by atoms with van der Waals surface area (Å²) in [6, 6.07) is 4.04. The van der Waals surface area contributed by atoms with E-state index in [2.05, 4.69) is 32.4 Å².